The SMILES string of the molecule is COc1ccc(NC(=S)NC(=O)c2ccc(F)cc2)cc1[N+](=O)[O-]. The molecule has 2 aromatic carbocycles. The van der Waals surface area contributed by atoms with Gasteiger partial charge in [-0.05, 0) is 48.6 Å². The van der Waals surface area contributed by atoms with Crippen LogP contribution < -0.4 is 15.4 Å². The van der Waals surface area contributed by atoms with Crippen molar-refractivity contribution in [2.24, 2.45) is 0 Å². The first-order valence-corrected chi connectivity index (χ1v) is 7.02. The Hall–Kier alpha value is -3.07. The number of hydrogen-bond donors (Lipinski definition) is 2. The van der Waals surface area contributed by atoms with Crippen LogP contribution in [-0.4, -0.2) is 23.1 Å². The molecule has 2 aromatic rings. The number of methoxy groups -OCH3 is 1. The number of halogens is 1. The average molecular weight is 349 g/mol. The quantitative estimate of drug-likeness (QED) is 0.501. The first-order valence-electron chi connectivity index (χ1n) is 6.61. The van der Waals surface area contributed by atoms with E-state index in [1.807, 2.05) is 0 Å². The molecule has 0 aromatic heterocycles. The fourth-order valence-corrected chi connectivity index (χ4v) is 2.06. The molecule has 9 heteroatoms. The number of carbonyl (C=O) groups is 1. The minimum atomic E-state index is -0.593. The molecule has 2 N–H and O–H groups in total. The third-order valence-electron chi connectivity index (χ3n) is 2.97. The molecule has 0 saturated heterocycles. The Balaban J connectivity index is 2.07. The van der Waals surface area contributed by atoms with E-state index in [1.165, 1.54) is 37.4 Å². The lowest BCUT2D eigenvalue weighted by molar-refractivity contribution is -0.385. The fourth-order valence-electron chi connectivity index (χ4n) is 1.85. The van der Waals surface area contributed by atoms with E-state index in [1.54, 1.807) is 0 Å². The summed E-state index contributed by atoms with van der Waals surface area (Å²) >= 11 is 4.99. The Morgan fingerprint density at radius 3 is 2.50 bits per heavy atom. The van der Waals surface area contributed by atoms with Crippen LogP contribution in [0.25, 0.3) is 0 Å². The zero-order valence-electron chi connectivity index (χ0n) is 12.4. The molecule has 0 bridgehead atoms. The topological polar surface area (TPSA) is 93.5 Å². The van der Waals surface area contributed by atoms with Crippen molar-refractivity contribution >= 4 is 34.6 Å². The van der Waals surface area contributed by atoms with Crippen LogP contribution in [0.1, 0.15) is 10.4 Å². The standard InChI is InChI=1S/C15H12FN3O4S/c1-23-13-7-6-11(8-12(13)19(21)22)17-15(24)18-14(20)9-2-4-10(16)5-3-9/h2-8H,1H3,(H2,17,18,20,24). The van der Waals surface area contributed by atoms with Gasteiger partial charge in [0.05, 0.1) is 12.0 Å². The first kappa shape index (κ1) is 17.3. The van der Waals surface area contributed by atoms with Crippen molar-refractivity contribution in [3.05, 3.63) is 64.0 Å². The molecule has 24 heavy (non-hydrogen) atoms. The highest BCUT2D eigenvalue weighted by atomic mass is 32.1. The van der Waals surface area contributed by atoms with Crippen LogP contribution in [0.2, 0.25) is 0 Å². The third kappa shape index (κ3) is 4.23. The maximum atomic E-state index is 12.8. The van der Waals surface area contributed by atoms with E-state index in [0.717, 1.165) is 12.1 Å². The van der Waals surface area contributed by atoms with Crippen molar-refractivity contribution in [1.82, 2.24) is 5.32 Å². The van der Waals surface area contributed by atoms with Crippen molar-refractivity contribution in [1.29, 1.82) is 0 Å². The second kappa shape index (κ2) is 7.47. The number of amides is 1. The van der Waals surface area contributed by atoms with Gasteiger partial charge < -0.3 is 10.1 Å². The van der Waals surface area contributed by atoms with Crippen LogP contribution >= 0.6 is 12.2 Å². The predicted octanol–water partition coefficient (Wildman–Crippen LogP) is 2.87. The van der Waals surface area contributed by atoms with Crippen molar-refractivity contribution in [3.8, 4) is 5.75 Å². The Morgan fingerprint density at radius 1 is 1.25 bits per heavy atom. The number of hydrogen-bond acceptors (Lipinski definition) is 5. The monoisotopic (exact) mass is 349 g/mol. The van der Waals surface area contributed by atoms with Crippen LogP contribution in [0.4, 0.5) is 15.8 Å². The van der Waals surface area contributed by atoms with E-state index >= 15 is 0 Å². The molecule has 0 radical (unpaired) electrons. The number of nitro groups is 1. The summed E-state index contributed by atoms with van der Waals surface area (Å²) in [6.07, 6.45) is 0. The minimum absolute atomic E-state index is 0.0520. The number of carbonyl (C=O) groups excluding carboxylic acids is 1. The smallest absolute Gasteiger partial charge is 0.312 e. The average Bonchev–Trinajstić information content (AvgIpc) is 2.55. The molecule has 0 unspecified atom stereocenters. The van der Waals surface area contributed by atoms with Gasteiger partial charge in [0.15, 0.2) is 10.9 Å². The normalized spacial score (nSPS) is 9.92. The Kier molecular flexibility index (Phi) is 5.38. The summed E-state index contributed by atoms with van der Waals surface area (Å²) < 4.78 is 17.7. The lowest BCUT2D eigenvalue weighted by atomic mass is 10.2. The number of ether oxygens (including phenoxy) is 1. The molecule has 0 saturated carbocycles. The van der Waals surface area contributed by atoms with Crippen molar-refractivity contribution in [2.75, 3.05) is 12.4 Å². The summed E-state index contributed by atoms with van der Waals surface area (Å²) in [5, 5.41) is 16.0. The van der Waals surface area contributed by atoms with Crippen LogP contribution in [0.15, 0.2) is 42.5 Å². The highest BCUT2D eigenvalue weighted by Crippen LogP contribution is 2.29. The first-order chi connectivity index (χ1) is 11.4. The molecular weight excluding hydrogens is 337 g/mol. The van der Waals surface area contributed by atoms with Crippen LogP contribution in [-0.2, 0) is 0 Å². The molecule has 0 spiro atoms. The highest BCUT2D eigenvalue weighted by Gasteiger charge is 2.16. The molecule has 0 aliphatic heterocycles. The van der Waals surface area contributed by atoms with Crippen molar-refractivity contribution in [2.45, 2.75) is 0 Å². The third-order valence-corrected chi connectivity index (χ3v) is 3.17. The molecule has 0 aliphatic rings. The van der Waals surface area contributed by atoms with E-state index in [0.29, 0.717) is 5.69 Å². The summed E-state index contributed by atoms with van der Waals surface area (Å²) in [6, 6.07) is 9.08. The second-order valence-corrected chi connectivity index (χ2v) is 4.97. The maximum Gasteiger partial charge on any atom is 0.312 e. The summed E-state index contributed by atoms with van der Waals surface area (Å²) in [6.45, 7) is 0. The lowest BCUT2D eigenvalue weighted by Gasteiger charge is -2.10. The van der Waals surface area contributed by atoms with Gasteiger partial charge in [0, 0.05) is 17.3 Å². The summed E-state index contributed by atoms with van der Waals surface area (Å²) in [4.78, 5) is 22.3. The number of anilines is 1. The lowest BCUT2D eigenvalue weighted by Crippen LogP contribution is -2.34. The highest BCUT2D eigenvalue weighted by molar-refractivity contribution is 7.80. The van der Waals surface area contributed by atoms with Crippen molar-refractivity contribution in [3.63, 3.8) is 0 Å². The van der Waals surface area contributed by atoms with Gasteiger partial charge in [-0.25, -0.2) is 4.39 Å². The zero-order valence-corrected chi connectivity index (χ0v) is 13.2. The molecule has 1 amide bonds. The van der Waals surface area contributed by atoms with E-state index in [4.69, 9.17) is 17.0 Å². The molecule has 0 aliphatic carbocycles. The summed E-state index contributed by atoms with van der Waals surface area (Å²) in [5.41, 5.74) is 0.295. The molecule has 0 atom stereocenters. The van der Waals surface area contributed by atoms with Gasteiger partial charge in [0.25, 0.3) is 5.91 Å². The Bertz CT molecular complexity index is 796. The number of nitrogens with one attached hydrogen (secondary N) is 2. The Morgan fingerprint density at radius 2 is 1.92 bits per heavy atom. The largest absolute Gasteiger partial charge is 0.490 e. The van der Waals surface area contributed by atoms with E-state index in [9.17, 15) is 19.3 Å². The summed E-state index contributed by atoms with van der Waals surface area (Å²) in [7, 11) is 1.32. The van der Waals surface area contributed by atoms with Gasteiger partial charge in [0.1, 0.15) is 5.82 Å². The molecule has 7 nitrogen and oxygen atoms in total. The molecule has 0 fully saturated rings. The Labute approximate surface area is 141 Å². The predicted molar refractivity (Wildman–Crippen MR) is 89.7 cm³/mol. The van der Waals surface area contributed by atoms with E-state index in [2.05, 4.69) is 10.6 Å². The molecule has 124 valence electrons. The maximum absolute atomic E-state index is 12.8. The molecular formula is C15H12FN3O4S. The minimum Gasteiger partial charge on any atom is -0.490 e. The van der Waals surface area contributed by atoms with E-state index in [-0.39, 0.29) is 22.1 Å². The fraction of sp³-hybridized carbons (Fsp3) is 0.0667. The van der Waals surface area contributed by atoms with Crippen LogP contribution in [0, 0.1) is 15.9 Å². The second-order valence-electron chi connectivity index (χ2n) is 4.56. The van der Waals surface area contributed by atoms with Gasteiger partial charge >= 0.3 is 5.69 Å². The van der Waals surface area contributed by atoms with Crippen molar-refractivity contribution < 1.29 is 18.8 Å². The van der Waals surface area contributed by atoms with Crippen LogP contribution in [0.3, 0.4) is 0 Å². The molecule has 0 heterocycles. The van der Waals surface area contributed by atoms with E-state index < -0.39 is 16.6 Å². The number of thiocarbonyl (C=S) groups is 1. The molecule has 2 rings (SSSR count). The zero-order chi connectivity index (χ0) is 17.7. The van der Waals surface area contributed by atoms with Crippen LogP contribution in [0.5, 0.6) is 5.75 Å². The number of rotatable bonds is 4. The van der Waals surface area contributed by atoms with Gasteiger partial charge in [0.2, 0.25) is 0 Å². The number of nitro benzene ring substituents is 1. The van der Waals surface area contributed by atoms with Gasteiger partial charge in [-0.3, -0.25) is 20.2 Å². The number of nitrogens with zero attached hydrogens (tertiary/aromatic N) is 1. The van der Waals surface area contributed by atoms with Gasteiger partial charge in [-0.15, -0.1) is 0 Å². The summed E-state index contributed by atoms with van der Waals surface area (Å²) in [5.74, 6) is -0.889. The van der Waals surface area contributed by atoms with Gasteiger partial charge in [-0.1, -0.05) is 0 Å². The van der Waals surface area contributed by atoms with Gasteiger partial charge in [-0.2, -0.15) is 0 Å². The number of benzene rings is 2.